The second kappa shape index (κ2) is 8.46. The second-order valence-corrected chi connectivity index (χ2v) is 6.67. The van der Waals surface area contributed by atoms with Crippen LogP contribution in [0.3, 0.4) is 0 Å². The van der Waals surface area contributed by atoms with E-state index in [-0.39, 0.29) is 30.1 Å². The summed E-state index contributed by atoms with van der Waals surface area (Å²) < 4.78 is 5.09. The number of rotatable bonds is 7. The quantitative estimate of drug-likeness (QED) is 0.776. The lowest BCUT2D eigenvalue weighted by molar-refractivity contribution is 0.0778. The standard InChI is InChI=1S/C18H28N2O4/c1-13-8-14(4-5-17(13)22)18(23)20-10-15(16(11-20)12-21)9-19(2)6-7-24-3/h4-5,8,15-16,21-22H,6-7,9-12H2,1-3H3/t15-,16-/m1/s1. The van der Waals surface area contributed by atoms with Gasteiger partial charge < -0.3 is 24.7 Å². The predicted octanol–water partition coefficient (Wildman–Crippen LogP) is 0.959. The first-order valence-corrected chi connectivity index (χ1v) is 8.33. The Kier molecular flexibility index (Phi) is 6.60. The van der Waals surface area contributed by atoms with Crippen LogP contribution in [0, 0.1) is 18.8 Å². The zero-order chi connectivity index (χ0) is 17.7. The molecule has 0 spiro atoms. The second-order valence-electron chi connectivity index (χ2n) is 6.67. The van der Waals surface area contributed by atoms with Gasteiger partial charge in [-0.05, 0) is 43.7 Å². The Morgan fingerprint density at radius 3 is 2.71 bits per heavy atom. The number of hydrogen-bond donors (Lipinski definition) is 2. The summed E-state index contributed by atoms with van der Waals surface area (Å²) in [4.78, 5) is 16.7. The predicted molar refractivity (Wildman–Crippen MR) is 92.2 cm³/mol. The smallest absolute Gasteiger partial charge is 0.253 e. The minimum absolute atomic E-state index is 0.0430. The Balaban J connectivity index is 2.01. The number of hydrogen-bond acceptors (Lipinski definition) is 5. The Hall–Kier alpha value is -1.63. The fourth-order valence-electron chi connectivity index (χ4n) is 3.23. The van der Waals surface area contributed by atoms with Crippen molar-refractivity contribution in [2.75, 3.05) is 53.6 Å². The van der Waals surface area contributed by atoms with Crippen LogP contribution < -0.4 is 0 Å². The SMILES string of the molecule is COCCN(C)C[C@@H]1CN(C(=O)c2ccc(O)c(C)c2)C[C@@H]1CO. The molecule has 1 aliphatic heterocycles. The Morgan fingerprint density at radius 1 is 1.38 bits per heavy atom. The molecule has 24 heavy (non-hydrogen) atoms. The van der Waals surface area contributed by atoms with Crippen LogP contribution in [0.25, 0.3) is 0 Å². The van der Waals surface area contributed by atoms with E-state index >= 15 is 0 Å². The average Bonchev–Trinajstić information content (AvgIpc) is 2.97. The fourth-order valence-corrected chi connectivity index (χ4v) is 3.23. The zero-order valence-electron chi connectivity index (χ0n) is 14.7. The van der Waals surface area contributed by atoms with Gasteiger partial charge in [0, 0.05) is 51.4 Å². The molecule has 1 heterocycles. The molecule has 6 nitrogen and oxygen atoms in total. The van der Waals surface area contributed by atoms with E-state index in [0.29, 0.717) is 30.8 Å². The first-order valence-electron chi connectivity index (χ1n) is 8.33. The molecule has 0 unspecified atom stereocenters. The number of aromatic hydroxyl groups is 1. The van der Waals surface area contributed by atoms with Crippen LogP contribution >= 0.6 is 0 Å². The number of carbonyl (C=O) groups excluding carboxylic acids is 1. The van der Waals surface area contributed by atoms with Crippen molar-refractivity contribution < 1.29 is 19.7 Å². The van der Waals surface area contributed by atoms with Crippen LogP contribution in [0.2, 0.25) is 0 Å². The number of aryl methyl sites for hydroxylation is 1. The van der Waals surface area contributed by atoms with Gasteiger partial charge in [-0.1, -0.05) is 0 Å². The summed E-state index contributed by atoms with van der Waals surface area (Å²) in [6.07, 6.45) is 0. The number of phenolic OH excluding ortho intramolecular Hbond substituents is 1. The largest absolute Gasteiger partial charge is 0.508 e. The van der Waals surface area contributed by atoms with Crippen LogP contribution in [-0.4, -0.2) is 79.5 Å². The summed E-state index contributed by atoms with van der Waals surface area (Å²) in [6.45, 7) is 5.40. The maximum atomic E-state index is 12.7. The third kappa shape index (κ3) is 4.47. The van der Waals surface area contributed by atoms with Gasteiger partial charge in [-0.2, -0.15) is 0 Å². The fraction of sp³-hybridized carbons (Fsp3) is 0.611. The summed E-state index contributed by atoms with van der Waals surface area (Å²) in [5, 5.41) is 19.3. The number of aliphatic hydroxyl groups is 1. The first-order chi connectivity index (χ1) is 11.5. The molecule has 0 aliphatic carbocycles. The third-order valence-electron chi connectivity index (χ3n) is 4.77. The molecule has 1 amide bonds. The van der Waals surface area contributed by atoms with Gasteiger partial charge in [0.25, 0.3) is 5.91 Å². The number of nitrogens with zero attached hydrogens (tertiary/aromatic N) is 2. The normalized spacial score (nSPS) is 20.8. The molecule has 2 atom stereocenters. The van der Waals surface area contributed by atoms with E-state index in [1.165, 1.54) is 0 Å². The maximum Gasteiger partial charge on any atom is 0.253 e. The molecule has 1 aliphatic rings. The molecule has 2 rings (SSSR count). The third-order valence-corrected chi connectivity index (χ3v) is 4.77. The summed E-state index contributed by atoms with van der Waals surface area (Å²) in [5.74, 6) is 0.494. The Labute approximate surface area is 143 Å². The highest BCUT2D eigenvalue weighted by Crippen LogP contribution is 2.26. The number of methoxy groups -OCH3 is 1. The number of benzene rings is 1. The number of likely N-dealkylation sites (tertiary alicyclic amines) is 1. The monoisotopic (exact) mass is 336 g/mol. The van der Waals surface area contributed by atoms with Gasteiger partial charge in [-0.25, -0.2) is 0 Å². The molecule has 1 saturated heterocycles. The minimum atomic E-state index is -0.0430. The molecule has 1 aromatic rings. The molecule has 0 radical (unpaired) electrons. The summed E-state index contributed by atoms with van der Waals surface area (Å²) in [5.41, 5.74) is 1.27. The van der Waals surface area contributed by atoms with Crippen molar-refractivity contribution in [1.82, 2.24) is 9.80 Å². The lowest BCUT2D eigenvalue weighted by Gasteiger charge is -2.23. The number of likely N-dealkylation sites (N-methyl/N-ethyl adjacent to an activating group) is 1. The highest BCUT2D eigenvalue weighted by Gasteiger charge is 2.35. The summed E-state index contributed by atoms with van der Waals surface area (Å²) in [7, 11) is 3.71. The van der Waals surface area contributed by atoms with Crippen LogP contribution in [-0.2, 0) is 4.74 Å². The summed E-state index contributed by atoms with van der Waals surface area (Å²) >= 11 is 0. The van der Waals surface area contributed by atoms with Crippen LogP contribution in [0.1, 0.15) is 15.9 Å². The average molecular weight is 336 g/mol. The number of amides is 1. The van der Waals surface area contributed by atoms with Gasteiger partial charge in [0.2, 0.25) is 0 Å². The van der Waals surface area contributed by atoms with E-state index in [9.17, 15) is 15.0 Å². The van der Waals surface area contributed by atoms with Crippen molar-refractivity contribution in [2.45, 2.75) is 6.92 Å². The van der Waals surface area contributed by atoms with Gasteiger partial charge in [-0.15, -0.1) is 0 Å². The van der Waals surface area contributed by atoms with Gasteiger partial charge >= 0.3 is 0 Å². The van der Waals surface area contributed by atoms with Crippen molar-refractivity contribution in [3.05, 3.63) is 29.3 Å². The van der Waals surface area contributed by atoms with E-state index in [1.807, 2.05) is 11.9 Å². The highest BCUT2D eigenvalue weighted by molar-refractivity contribution is 5.94. The molecular weight excluding hydrogens is 308 g/mol. The van der Waals surface area contributed by atoms with Gasteiger partial charge in [0.1, 0.15) is 5.75 Å². The van der Waals surface area contributed by atoms with E-state index in [0.717, 1.165) is 13.1 Å². The van der Waals surface area contributed by atoms with Crippen molar-refractivity contribution in [2.24, 2.45) is 11.8 Å². The molecule has 0 bridgehead atoms. The minimum Gasteiger partial charge on any atom is -0.508 e. The number of carbonyl (C=O) groups is 1. The van der Waals surface area contributed by atoms with E-state index < -0.39 is 0 Å². The number of phenols is 1. The van der Waals surface area contributed by atoms with Crippen LogP contribution in [0.4, 0.5) is 0 Å². The first kappa shape index (κ1) is 18.7. The van der Waals surface area contributed by atoms with Crippen molar-refractivity contribution in [1.29, 1.82) is 0 Å². The van der Waals surface area contributed by atoms with Crippen molar-refractivity contribution in [3.63, 3.8) is 0 Å². The molecule has 1 aromatic carbocycles. The zero-order valence-corrected chi connectivity index (χ0v) is 14.7. The lowest BCUT2D eigenvalue weighted by atomic mass is 9.96. The molecule has 134 valence electrons. The molecule has 6 heteroatoms. The molecule has 0 aromatic heterocycles. The van der Waals surface area contributed by atoms with E-state index in [4.69, 9.17) is 4.74 Å². The van der Waals surface area contributed by atoms with E-state index in [1.54, 1.807) is 32.2 Å². The highest BCUT2D eigenvalue weighted by atomic mass is 16.5. The molecule has 2 N–H and O–H groups in total. The Bertz CT molecular complexity index is 564. The van der Waals surface area contributed by atoms with Crippen molar-refractivity contribution in [3.8, 4) is 5.75 Å². The number of aliphatic hydroxyl groups excluding tert-OH is 1. The van der Waals surface area contributed by atoms with Crippen LogP contribution in [0.15, 0.2) is 18.2 Å². The van der Waals surface area contributed by atoms with E-state index in [2.05, 4.69) is 4.90 Å². The van der Waals surface area contributed by atoms with Crippen molar-refractivity contribution >= 4 is 5.91 Å². The number of ether oxygens (including phenoxy) is 1. The van der Waals surface area contributed by atoms with Crippen LogP contribution in [0.5, 0.6) is 5.75 Å². The van der Waals surface area contributed by atoms with Gasteiger partial charge in [0.05, 0.1) is 6.61 Å². The molecule has 0 saturated carbocycles. The van der Waals surface area contributed by atoms with Gasteiger partial charge in [-0.3, -0.25) is 4.79 Å². The maximum absolute atomic E-state index is 12.7. The Morgan fingerprint density at radius 2 is 2.08 bits per heavy atom. The topological polar surface area (TPSA) is 73.2 Å². The molecule has 1 fully saturated rings. The molecular formula is C18H28N2O4. The lowest BCUT2D eigenvalue weighted by Crippen LogP contribution is -2.33. The van der Waals surface area contributed by atoms with Gasteiger partial charge in [0.15, 0.2) is 0 Å². The summed E-state index contributed by atoms with van der Waals surface area (Å²) in [6, 6.07) is 4.92.